The first-order valence-electron chi connectivity index (χ1n) is 7.78. The summed E-state index contributed by atoms with van der Waals surface area (Å²) < 4.78 is 16.5. The highest BCUT2D eigenvalue weighted by molar-refractivity contribution is 6.31. The average Bonchev–Trinajstić information content (AvgIpc) is 3.18. The SMILES string of the molecule is Cc1c([N+](=O)[O-])cnn1CC(=O)Nc1ccn(Cc2c(F)cccc2Cl)n1. The number of nitro groups is 1. The van der Waals surface area contributed by atoms with Crippen molar-refractivity contribution in [3.63, 3.8) is 0 Å². The summed E-state index contributed by atoms with van der Waals surface area (Å²) in [5.41, 5.74) is 0.406. The van der Waals surface area contributed by atoms with Gasteiger partial charge < -0.3 is 5.32 Å². The maximum absolute atomic E-state index is 13.8. The number of amides is 1. The topological polar surface area (TPSA) is 108 Å². The number of nitrogens with one attached hydrogen (secondary N) is 1. The van der Waals surface area contributed by atoms with E-state index in [-0.39, 0.29) is 35.3 Å². The molecule has 1 aromatic carbocycles. The molecule has 2 aromatic heterocycles. The fraction of sp³-hybridized carbons (Fsp3) is 0.188. The van der Waals surface area contributed by atoms with Crippen molar-refractivity contribution in [1.29, 1.82) is 0 Å². The molecule has 0 saturated heterocycles. The predicted molar refractivity (Wildman–Crippen MR) is 95.0 cm³/mol. The van der Waals surface area contributed by atoms with E-state index >= 15 is 0 Å². The van der Waals surface area contributed by atoms with Crippen molar-refractivity contribution in [3.8, 4) is 0 Å². The van der Waals surface area contributed by atoms with Crippen LogP contribution in [0.5, 0.6) is 0 Å². The number of rotatable bonds is 6. The molecule has 9 nitrogen and oxygen atoms in total. The number of carbonyl (C=O) groups is 1. The third-order valence-corrected chi connectivity index (χ3v) is 4.21. The van der Waals surface area contributed by atoms with Crippen molar-refractivity contribution in [2.45, 2.75) is 20.0 Å². The Balaban J connectivity index is 1.65. The van der Waals surface area contributed by atoms with Crippen LogP contribution in [0, 0.1) is 22.9 Å². The first-order valence-corrected chi connectivity index (χ1v) is 8.16. The van der Waals surface area contributed by atoms with Gasteiger partial charge in [0.1, 0.15) is 24.3 Å². The molecule has 27 heavy (non-hydrogen) atoms. The molecule has 0 saturated carbocycles. The van der Waals surface area contributed by atoms with Crippen LogP contribution in [0.3, 0.4) is 0 Å². The van der Waals surface area contributed by atoms with Gasteiger partial charge in [0.25, 0.3) is 0 Å². The number of hydrogen-bond donors (Lipinski definition) is 1. The van der Waals surface area contributed by atoms with Gasteiger partial charge in [-0.3, -0.25) is 24.3 Å². The van der Waals surface area contributed by atoms with Crippen LogP contribution < -0.4 is 5.32 Å². The second kappa shape index (κ2) is 7.54. The van der Waals surface area contributed by atoms with Crippen LogP contribution in [0.15, 0.2) is 36.7 Å². The van der Waals surface area contributed by atoms with Crippen molar-refractivity contribution >= 4 is 29.0 Å². The molecule has 2 heterocycles. The number of halogens is 2. The summed E-state index contributed by atoms with van der Waals surface area (Å²) in [5, 5.41) is 21.6. The molecule has 0 bridgehead atoms. The molecule has 0 atom stereocenters. The zero-order valence-electron chi connectivity index (χ0n) is 14.1. The second-order valence-corrected chi connectivity index (χ2v) is 6.08. The van der Waals surface area contributed by atoms with Crippen molar-refractivity contribution in [2.24, 2.45) is 0 Å². The molecule has 3 rings (SSSR count). The molecule has 3 aromatic rings. The van der Waals surface area contributed by atoms with Crippen molar-refractivity contribution < 1.29 is 14.1 Å². The van der Waals surface area contributed by atoms with Gasteiger partial charge in [-0.05, 0) is 19.1 Å². The average molecular weight is 393 g/mol. The predicted octanol–water partition coefficient (Wildman–Crippen LogP) is 2.78. The highest BCUT2D eigenvalue weighted by Crippen LogP contribution is 2.20. The molecule has 0 fully saturated rings. The van der Waals surface area contributed by atoms with E-state index in [2.05, 4.69) is 15.5 Å². The van der Waals surface area contributed by atoms with E-state index in [0.717, 1.165) is 6.20 Å². The first kappa shape index (κ1) is 18.5. The maximum Gasteiger partial charge on any atom is 0.309 e. The fourth-order valence-corrected chi connectivity index (χ4v) is 2.68. The van der Waals surface area contributed by atoms with Gasteiger partial charge in [-0.25, -0.2) is 4.39 Å². The Labute approximate surface area is 157 Å². The van der Waals surface area contributed by atoms with Gasteiger partial charge in [0.15, 0.2) is 5.82 Å². The number of benzene rings is 1. The molecule has 140 valence electrons. The zero-order chi connectivity index (χ0) is 19.6. The van der Waals surface area contributed by atoms with Crippen LogP contribution in [0.2, 0.25) is 5.02 Å². The lowest BCUT2D eigenvalue weighted by atomic mass is 10.2. The molecular weight excluding hydrogens is 379 g/mol. The minimum Gasteiger partial charge on any atom is -0.308 e. The van der Waals surface area contributed by atoms with Gasteiger partial charge in [0, 0.05) is 22.8 Å². The minimum atomic E-state index is -0.563. The van der Waals surface area contributed by atoms with Gasteiger partial charge in [-0.15, -0.1) is 0 Å². The summed E-state index contributed by atoms with van der Waals surface area (Å²) in [4.78, 5) is 22.4. The summed E-state index contributed by atoms with van der Waals surface area (Å²) in [6.07, 6.45) is 2.66. The lowest BCUT2D eigenvalue weighted by molar-refractivity contribution is -0.385. The fourth-order valence-electron chi connectivity index (χ4n) is 2.46. The molecule has 0 aliphatic rings. The van der Waals surface area contributed by atoms with E-state index in [1.165, 1.54) is 28.4 Å². The van der Waals surface area contributed by atoms with E-state index in [0.29, 0.717) is 5.56 Å². The zero-order valence-corrected chi connectivity index (χ0v) is 14.9. The Morgan fingerprint density at radius 1 is 1.41 bits per heavy atom. The first-order chi connectivity index (χ1) is 12.8. The van der Waals surface area contributed by atoms with Crippen molar-refractivity contribution in [3.05, 3.63) is 68.9 Å². The lowest BCUT2D eigenvalue weighted by Gasteiger charge is -2.06. The van der Waals surface area contributed by atoms with E-state index < -0.39 is 16.6 Å². The molecule has 0 spiro atoms. The van der Waals surface area contributed by atoms with E-state index in [4.69, 9.17) is 11.6 Å². The highest BCUT2D eigenvalue weighted by atomic mass is 35.5. The summed E-state index contributed by atoms with van der Waals surface area (Å²) >= 11 is 5.99. The number of nitrogens with zero attached hydrogens (tertiary/aromatic N) is 5. The Hall–Kier alpha value is -3.27. The molecule has 1 N–H and O–H groups in total. The van der Waals surface area contributed by atoms with Gasteiger partial charge >= 0.3 is 5.69 Å². The van der Waals surface area contributed by atoms with Crippen molar-refractivity contribution in [2.75, 3.05) is 5.32 Å². The molecular formula is C16H14ClFN6O3. The standard InChI is InChI=1S/C16H14ClFN6O3/c1-10-14(24(26)27)7-19-23(10)9-16(25)20-15-5-6-22(21-15)8-11-12(17)3-2-4-13(11)18/h2-7H,8-9H2,1H3,(H,20,21,25). The van der Waals surface area contributed by atoms with Gasteiger partial charge in [0.05, 0.1) is 11.5 Å². The summed E-state index contributed by atoms with van der Waals surface area (Å²) in [6, 6.07) is 5.94. The number of aromatic nitrogens is 4. The summed E-state index contributed by atoms with van der Waals surface area (Å²) in [7, 11) is 0. The smallest absolute Gasteiger partial charge is 0.308 e. The van der Waals surface area contributed by atoms with E-state index in [1.54, 1.807) is 18.3 Å². The Kier molecular flexibility index (Phi) is 5.17. The molecule has 0 unspecified atom stereocenters. The van der Waals surface area contributed by atoms with Crippen LogP contribution in [0.1, 0.15) is 11.3 Å². The van der Waals surface area contributed by atoms with Crippen LogP contribution >= 0.6 is 11.6 Å². The summed E-state index contributed by atoms with van der Waals surface area (Å²) in [6.45, 7) is 1.41. The van der Waals surface area contributed by atoms with Crippen LogP contribution in [0.4, 0.5) is 15.9 Å². The monoisotopic (exact) mass is 392 g/mol. The molecule has 1 amide bonds. The van der Waals surface area contributed by atoms with Crippen LogP contribution in [-0.2, 0) is 17.9 Å². The van der Waals surface area contributed by atoms with Gasteiger partial charge in [-0.1, -0.05) is 17.7 Å². The normalized spacial score (nSPS) is 10.8. The number of hydrogen-bond acceptors (Lipinski definition) is 5. The number of carbonyl (C=O) groups excluding carboxylic acids is 1. The molecule has 0 radical (unpaired) electrons. The quantitative estimate of drug-likeness (QED) is 0.512. The maximum atomic E-state index is 13.8. The third kappa shape index (κ3) is 4.11. The second-order valence-electron chi connectivity index (χ2n) is 5.68. The van der Waals surface area contributed by atoms with Gasteiger partial charge in [-0.2, -0.15) is 10.2 Å². The highest BCUT2D eigenvalue weighted by Gasteiger charge is 2.18. The summed E-state index contributed by atoms with van der Waals surface area (Å²) in [5.74, 6) is -0.642. The lowest BCUT2D eigenvalue weighted by Crippen LogP contribution is -2.20. The number of anilines is 1. The Bertz CT molecular complexity index is 995. The van der Waals surface area contributed by atoms with Crippen molar-refractivity contribution in [1.82, 2.24) is 19.6 Å². The Morgan fingerprint density at radius 3 is 2.85 bits per heavy atom. The Morgan fingerprint density at radius 2 is 2.19 bits per heavy atom. The van der Waals surface area contributed by atoms with E-state index in [1.807, 2.05) is 0 Å². The minimum absolute atomic E-state index is 0.103. The van der Waals surface area contributed by atoms with E-state index in [9.17, 15) is 19.3 Å². The molecule has 11 heteroatoms. The third-order valence-electron chi connectivity index (χ3n) is 3.86. The van der Waals surface area contributed by atoms with Crippen LogP contribution in [0.25, 0.3) is 0 Å². The molecule has 0 aliphatic carbocycles. The van der Waals surface area contributed by atoms with Crippen LogP contribution in [-0.4, -0.2) is 30.4 Å². The largest absolute Gasteiger partial charge is 0.309 e. The molecule has 0 aliphatic heterocycles. The van der Waals surface area contributed by atoms with Gasteiger partial charge in [0.2, 0.25) is 5.91 Å².